The van der Waals surface area contributed by atoms with Crippen LogP contribution < -0.4 is 4.90 Å². The van der Waals surface area contributed by atoms with Gasteiger partial charge in [-0.3, -0.25) is 9.59 Å². The summed E-state index contributed by atoms with van der Waals surface area (Å²) in [5.41, 5.74) is 3.53. The average Bonchev–Trinajstić information content (AvgIpc) is 2.92. The number of aryl methyl sites for hydroxylation is 1. The fourth-order valence-electron chi connectivity index (χ4n) is 4.52. The van der Waals surface area contributed by atoms with Crippen molar-refractivity contribution in [1.82, 2.24) is 4.90 Å². The summed E-state index contributed by atoms with van der Waals surface area (Å²) in [6.07, 6.45) is 1.15. The summed E-state index contributed by atoms with van der Waals surface area (Å²) in [5, 5.41) is 0. The van der Waals surface area contributed by atoms with Crippen LogP contribution in [0.5, 0.6) is 0 Å². The fourth-order valence-corrected chi connectivity index (χ4v) is 4.52. The van der Waals surface area contributed by atoms with E-state index in [0.29, 0.717) is 28.8 Å². The number of likely N-dealkylation sites (tertiary alicyclic amines) is 1. The van der Waals surface area contributed by atoms with Crippen LogP contribution in [-0.2, 0) is 9.59 Å². The van der Waals surface area contributed by atoms with Crippen LogP contribution in [0.4, 0.5) is 5.69 Å². The van der Waals surface area contributed by atoms with Gasteiger partial charge in [-0.15, -0.1) is 0 Å². The third-order valence-corrected chi connectivity index (χ3v) is 5.57. The molecule has 0 spiro atoms. The Kier molecular flexibility index (Phi) is 4.80. The van der Waals surface area contributed by atoms with Gasteiger partial charge in [0, 0.05) is 13.1 Å². The maximum absolute atomic E-state index is 13.5. The van der Waals surface area contributed by atoms with Gasteiger partial charge in [0.25, 0.3) is 11.8 Å². The molecule has 4 heteroatoms. The van der Waals surface area contributed by atoms with E-state index in [4.69, 9.17) is 0 Å². The number of hydrogen-bond acceptors (Lipinski definition) is 3. The number of imide groups is 1. The van der Waals surface area contributed by atoms with E-state index in [0.717, 1.165) is 30.6 Å². The minimum absolute atomic E-state index is 0.212. The SMILES string of the molecule is Cc1cccc(N2C(=O)C(c3ccccc3)=C(N3CC(C)CC(C)C3)C2=O)c1. The van der Waals surface area contributed by atoms with Gasteiger partial charge < -0.3 is 4.90 Å². The lowest BCUT2D eigenvalue weighted by atomic mass is 9.91. The highest BCUT2D eigenvalue weighted by Crippen LogP contribution is 2.37. The minimum atomic E-state index is -0.234. The van der Waals surface area contributed by atoms with E-state index >= 15 is 0 Å². The standard InChI is InChI=1S/C24H26N2O2/c1-16-8-7-11-20(13-16)26-23(27)21(19-9-5-4-6-10-19)22(24(26)28)25-14-17(2)12-18(3)15-25/h4-11,13,17-18H,12,14-15H2,1-3H3. The summed E-state index contributed by atoms with van der Waals surface area (Å²) >= 11 is 0. The monoisotopic (exact) mass is 374 g/mol. The highest BCUT2D eigenvalue weighted by atomic mass is 16.2. The first-order valence-corrected chi connectivity index (χ1v) is 9.95. The lowest BCUT2D eigenvalue weighted by Gasteiger charge is -2.37. The Bertz CT molecular complexity index is 938. The maximum Gasteiger partial charge on any atom is 0.282 e. The molecule has 2 unspecified atom stereocenters. The number of carbonyl (C=O) groups excluding carboxylic acids is 2. The molecule has 2 aromatic rings. The highest BCUT2D eigenvalue weighted by Gasteiger charge is 2.43. The maximum atomic E-state index is 13.5. The van der Waals surface area contributed by atoms with Gasteiger partial charge in [-0.25, -0.2) is 4.90 Å². The molecule has 144 valence electrons. The Morgan fingerprint density at radius 1 is 0.857 bits per heavy atom. The van der Waals surface area contributed by atoms with Crippen molar-refractivity contribution in [2.24, 2.45) is 11.8 Å². The molecule has 2 aliphatic rings. The first-order chi connectivity index (χ1) is 13.5. The molecule has 4 nitrogen and oxygen atoms in total. The lowest BCUT2D eigenvalue weighted by Crippen LogP contribution is -2.42. The van der Waals surface area contributed by atoms with E-state index in [9.17, 15) is 9.59 Å². The molecule has 4 rings (SSSR count). The zero-order valence-electron chi connectivity index (χ0n) is 16.7. The molecule has 2 atom stereocenters. The number of rotatable bonds is 3. The van der Waals surface area contributed by atoms with Crippen LogP contribution in [0.2, 0.25) is 0 Å². The number of piperidine rings is 1. The molecule has 0 aromatic heterocycles. The van der Waals surface area contributed by atoms with Crippen molar-refractivity contribution in [2.75, 3.05) is 18.0 Å². The molecule has 0 bridgehead atoms. The normalized spacial score (nSPS) is 23.0. The number of carbonyl (C=O) groups is 2. The predicted molar refractivity (Wildman–Crippen MR) is 112 cm³/mol. The number of hydrogen-bond donors (Lipinski definition) is 0. The van der Waals surface area contributed by atoms with E-state index in [1.165, 1.54) is 4.90 Å². The Labute approximate surface area is 166 Å². The second kappa shape index (κ2) is 7.27. The lowest BCUT2D eigenvalue weighted by molar-refractivity contribution is -0.120. The van der Waals surface area contributed by atoms with Crippen molar-refractivity contribution in [1.29, 1.82) is 0 Å². The molecule has 0 radical (unpaired) electrons. The van der Waals surface area contributed by atoms with Gasteiger partial charge in [-0.2, -0.15) is 0 Å². The van der Waals surface area contributed by atoms with E-state index in [2.05, 4.69) is 18.7 Å². The van der Waals surface area contributed by atoms with E-state index in [1.54, 1.807) is 0 Å². The summed E-state index contributed by atoms with van der Waals surface area (Å²) in [6.45, 7) is 8.00. The van der Waals surface area contributed by atoms with E-state index < -0.39 is 0 Å². The molecule has 0 aliphatic carbocycles. The van der Waals surface area contributed by atoms with Crippen molar-refractivity contribution in [2.45, 2.75) is 27.2 Å². The minimum Gasteiger partial charge on any atom is -0.366 e. The molecule has 2 heterocycles. The van der Waals surface area contributed by atoms with Crippen LogP contribution in [0.1, 0.15) is 31.4 Å². The van der Waals surface area contributed by atoms with Gasteiger partial charge in [-0.05, 0) is 48.4 Å². The number of benzene rings is 2. The summed E-state index contributed by atoms with van der Waals surface area (Å²) in [5.74, 6) is 0.534. The summed E-state index contributed by atoms with van der Waals surface area (Å²) < 4.78 is 0. The van der Waals surface area contributed by atoms with Crippen molar-refractivity contribution in [3.8, 4) is 0 Å². The zero-order valence-corrected chi connectivity index (χ0v) is 16.7. The molecule has 0 N–H and O–H groups in total. The summed E-state index contributed by atoms with van der Waals surface area (Å²) in [7, 11) is 0. The molecule has 1 saturated heterocycles. The summed E-state index contributed by atoms with van der Waals surface area (Å²) in [6, 6.07) is 17.1. The third-order valence-electron chi connectivity index (χ3n) is 5.57. The first kappa shape index (κ1) is 18.5. The second-order valence-corrected chi connectivity index (χ2v) is 8.23. The molecule has 1 fully saturated rings. The molecule has 2 amide bonds. The summed E-state index contributed by atoms with van der Waals surface area (Å²) in [4.78, 5) is 30.5. The average molecular weight is 374 g/mol. The Hall–Kier alpha value is -2.88. The number of nitrogens with zero attached hydrogens (tertiary/aromatic N) is 2. The third kappa shape index (κ3) is 3.24. The van der Waals surface area contributed by atoms with Gasteiger partial charge >= 0.3 is 0 Å². The van der Waals surface area contributed by atoms with Gasteiger partial charge in [0.15, 0.2) is 0 Å². The topological polar surface area (TPSA) is 40.6 Å². The van der Waals surface area contributed by atoms with Gasteiger partial charge in [0.2, 0.25) is 0 Å². The van der Waals surface area contributed by atoms with Crippen LogP contribution in [0.25, 0.3) is 5.57 Å². The zero-order chi connectivity index (χ0) is 19.8. The molecule has 2 aromatic carbocycles. The van der Waals surface area contributed by atoms with Crippen molar-refractivity contribution >= 4 is 23.1 Å². The highest BCUT2D eigenvalue weighted by molar-refractivity contribution is 6.45. The molecular weight excluding hydrogens is 348 g/mol. The van der Waals surface area contributed by atoms with E-state index in [-0.39, 0.29) is 11.8 Å². The van der Waals surface area contributed by atoms with Crippen LogP contribution in [0, 0.1) is 18.8 Å². The molecule has 0 saturated carbocycles. The largest absolute Gasteiger partial charge is 0.366 e. The quantitative estimate of drug-likeness (QED) is 0.754. The number of amides is 2. The smallest absolute Gasteiger partial charge is 0.282 e. The van der Waals surface area contributed by atoms with Crippen LogP contribution in [0.3, 0.4) is 0 Å². The number of anilines is 1. The van der Waals surface area contributed by atoms with Gasteiger partial charge in [0.1, 0.15) is 5.70 Å². The second-order valence-electron chi connectivity index (χ2n) is 8.23. The molecule has 2 aliphatic heterocycles. The van der Waals surface area contributed by atoms with E-state index in [1.807, 2.05) is 61.5 Å². The van der Waals surface area contributed by atoms with Crippen molar-refractivity contribution < 1.29 is 9.59 Å². The van der Waals surface area contributed by atoms with Gasteiger partial charge in [-0.1, -0.05) is 56.3 Å². The van der Waals surface area contributed by atoms with Crippen molar-refractivity contribution in [3.63, 3.8) is 0 Å². The van der Waals surface area contributed by atoms with Crippen LogP contribution in [-0.4, -0.2) is 29.8 Å². The van der Waals surface area contributed by atoms with Crippen LogP contribution in [0.15, 0.2) is 60.3 Å². The Balaban J connectivity index is 1.83. The molecular formula is C24H26N2O2. The Morgan fingerprint density at radius 2 is 1.54 bits per heavy atom. The van der Waals surface area contributed by atoms with Crippen molar-refractivity contribution in [3.05, 3.63) is 71.4 Å². The molecule has 28 heavy (non-hydrogen) atoms. The predicted octanol–water partition coefficient (Wildman–Crippen LogP) is 4.26. The van der Waals surface area contributed by atoms with Crippen LogP contribution >= 0.6 is 0 Å². The first-order valence-electron chi connectivity index (χ1n) is 9.95. The fraction of sp³-hybridized carbons (Fsp3) is 0.333. The Morgan fingerprint density at radius 3 is 2.18 bits per heavy atom. The van der Waals surface area contributed by atoms with Gasteiger partial charge in [0.05, 0.1) is 11.3 Å².